The van der Waals surface area contributed by atoms with E-state index in [4.69, 9.17) is 24.5 Å². The number of nitrogens with zero attached hydrogens (tertiary/aromatic N) is 2. The van der Waals surface area contributed by atoms with Crippen LogP contribution in [0.5, 0.6) is 5.75 Å². The molecule has 0 amide bonds. The molecule has 10 nitrogen and oxygen atoms in total. The van der Waals surface area contributed by atoms with Crippen molar-refractivity contribution in [1.82, 2.24) is 15.5 Å². The fraction of sp³-hybridized carbons (Fsp3) is 0.500. The van der Waals surface area contributed by atoms with Crippen LogP contribution < -0.4 is 15.8 Å². The molecule has 1 saturated heterocycles. The molecule has 28 heavy (non-hydrogen) atoms. The normalized spacial score (nSPS) is 20.0. The highest BCUT2D eigenvalue weighted by atomic mass is 16.8. The summed E-state index contributed by atoms with van der Waals surface area (Å²) in [6.07, 6.45) is -0.978. The SMILES string of the molecule is Cc1noc(-c2ccc(OC[C@H](NC3OC3OC(C)(C)C)C(=O)O)c(N)c2)n1. The lowest BCUT2D eigenvalue weighted by Gasteiger charge is -2.18. The summed E-state index contributed by atoms with van der Waals surface area (Å²) in [6.45, 7) is 7.26. The van der Waals surface area contributed by atoms with Gasteiger partial charge in [0.1, 0.15) is 18.4 Å². The number of hydrogen-bond acceptors (Lipinski definition) is 9. The van der Waals surface area contributed by atoms with Gasteiger partial charge < -0.3 is 29.6 Å². The summed E-state index contributed by atoms with van der Waals surface area (Å²) in [7, 11) is 0. The summed E-state index contributed by atoms with van der Waals surface area (Å²) in [6, 6.07) is 3.97. The van der Waals surface area contributed by atoms with Gasteiger partial charge in [-0.15, -0.1) is 0 Å². The van der Waals surface area contributed by atoms with Gasteiger partial charge in [-0.05, 0) is 45.9 Å². The predicted molar refractivity (Wildman–Crippen MR) is 98.4 cm³/mol. The number of nitrogen functional groups attached to an aromatic ring is 1. The van der Waals surface area contributed by atoms with Crippen molar-refractivity contribution in [3.63, 3.8) is 0 Å². The summed E-state index contributed by atoms with van der Waals surface area (Å²) < 4.78 is 21.6. The Labute approximate surface area is 162 Å². The van der Waals surface area contributed by atoms with Gasteiger partial charge >= 0.3 is 5.97 Å². The lowest BCUT2D eigenvalue weighted by atomic mass is 10.2. The number of aryl methyl sites for hydroxylation is 1. The average molecular weight is 392 g/mol. The number of carboxylic acid groups (broad SMARTS) is 1. The second kappa shape index (κ2) is 7.74. The van der Waals surface area contributed by atoms with Crippen LogP contribution in [-0.2, 0) is 14.3 Å². The number of carboxylic acids is 1. The molecule has 0 saturated carbocycles. The van der Waals surface area contributed by atoms with Gasteiger partial charge in [0.2, 0.25) is 0 Å². The lowest BCUT2D eigenvalue weighted by molar-refractivity contribution is -0.140. The van der Waals surface area contributed by atoms with Gasteiger partial charge in [-0.1, -0.05) is 5.16 Å². The summed E-state index contributed by atoms with van der Waals surface area (Å²) in [4.78, 5) is 15.6. The van der Waals surface area contributed by atoms with Gasteiger partial charge in [-0.25, -0.2) is 0 Å². The zero-order valence-electron chi connectivity index (χ0n) is 16.1. The van der Waals surface area contributed by atoms with Crippen LogP contribution in [0.2, 0.25) is 0 Å². The Kier molecular flexibility index (Phi) is 5.54. The molecule has 1 aromatic carbocycles. The van der Waals surface area contributed by atoms with Crippen molar-refractivity contribution in [2.24, 2.45) is 0 Å². The van der Waals surface area contributed by atoms with Gasteiger partial charge in [0, 0.05) is 5.56 Å². The smallest absolute Gasteiger partial charge is 0.324 e. The number of nitrogens with two attached hydrogens (primary N) is 1. The second-order valence-electron chi connectivity index (χ2n) is 7.42. The number of nitrogens with one attached hydrogen (secondary N) is 1. The minimum atomic E-state index is -1.07. The minimum absolute atomic E-state index is 0.138. The van der Waals surface area contributed by atoms with Gasteiger partial charge in [0.25, 0.3) is 5.89 Å². The Hall–Kier alpha value is -2.69. The number of rotatable bonds is 8. The Bertz CT molecular complexity index is 847. The average Bonchev–Trinajstić information content (AvgIpc) is 3.14. The van der Waals surface area contributed by atoms with Crippen molar-refractivity contribution in [1.29, 1.82) is 0 Å². The largest absolute Gasteiger partial charge is 0.489 e. The topological polar surface area (TPSA) is 145 Å². The highest BCUT2D eigenvalue weighted by molar-refractivity contribution is 5.74. The van der Waals surface area contributed by atoms with Crippen LogP contribution in [0, 0.1) is 6.92 Å². The summed E-state index contributed by atoms with van der Waals surface area (Å²) in [5.41, 5.74) is 6.59. The van der Waals surface area contributed by atoms with Gasteiger partial charge in [-0.2, -0.15) is 4.98 Å². The lowest BCUT2D eigenvalue weighted by Crippen LogP contribution is -2.44. The second-order valence-corrected chi connectivity index (χ2v) is 7.42. The zero-order valence-corrected chi connectivity index (χ0v) is 16.1. The number of hydrogen-bond donors (Lipinski definition) is 3. The number of anilines is 1. The van der Waals surface area contributed by atoms with E-state index in [0.717, 1.165) is 0 Å². The molecule has 2 heterocycles. The van der Waals surface area contributed by atoms with Crippen LogP contribution in [0.15, 0.2) is 22.7 Å². The van der Waals surface area contributed by atoms with Crippen LogP contribution in [0.25, 0.3) is 11.5 Å². The van der Waals surface area contributed by atoms with E-state index in [1.807, 2.05) is 20.8 Å². The first-order valence-electron chi connectivity index (χ1n) is 8.77. The van der Waals surface area contributed by atoms with Crippen molar-refractivity contribution >= 4 is 11.7 Å². The van der Waals surface area contributed by atoms with E-state index in [2.05, 4.69) is 15.5 Å². The Morgan fingerprint density at radius 1 is 1.43 bits per heavy atom. The van der Waals surface area contributed by atoms with Crippen molar-refractivity contribution < 1.29 is 28.6 Å². The maximum absolute atomic E-state index is 11.5. The summed E-state index contributed by atoms with van der Waals surface area (Å²) in [5, 5.41) is 16.0. The molecule has 1 aliphatic rings. The minimum Gasteiger partial charge on any atom is -0.489 e. The summed E-state index contributed by atoms with van der Waals surface area (Å²) in [5.74, 6) is 0.144. The zero-order chi connectivity index (χ0) is 20.5. The van der Waals surface area contributed by atoms with Crippen molar-refractivity contribution in [2.75, 3.05) is 12.3 Å². The van der Waals surface area contributed by atoms with E-state index in [1.54, 1.807) is 25.1 Å². The fourth-order valence-corrected chi connectivity index (χ4v) is 2.44. The molecular weight excluding hydrogens is 368 g/mol. The first-order valence-corrected chi connectivity index (χ1v) is 8.77. The molecule has 2 aromatic rings. The van der Waals surface area contributed by atoms with E-state index in [9.17, 15) is 9.90 Å². The Morgan fingerprint density at radius 2 is 2.18 bits per heavy atom. The maximum atomic E-state index is 11.5. The fourth-order valence-electron chi connectivity index (χ4n) is 2.44. The van der Waals surface area contributed by atoms with Crippen molar-refractivity contribution in [3.8, 4) is 17.2 Å². The predicted octanol–water partition coefficient (Wildman–Crippen LogP) is 1.55. The number of aliphatic carboxylic acids is 1. The van der Waals surface area contributed by atoms with Crippen LogP contribution in [0.3, 0.4) is 0 Å². The van der Waals surface area contributed by atoms with E-state index in [1.165, 1.54) is 0 Å². The molecule has 3 atom stereocenters. The Morgan fingerprint density at radius 3 is 2.75 bits per heavy atom. The maximum Gasteiger partial charge on any atom is 0.324 e. The third-order valence-electron chi connectivity index (χ3n) is 3.77. The first kappa shape index (κ1) is 20.1. The van der Waals surface area contributed by atoms with Crippen LogP contribution in [-0.4, -0.2) is 52.0 Å². The first-order chi connectivity index (χ1) is 13.1. The highest BCUT2D eigenvalue weighted by Crippen LogP contribution is 2.29. The van der Waals surface area contributed by atoms with Crippen molar-refractivity contribution in [2.45, 2.75) is 51.9 Å². The van der Waals surface area contributed by atoms with Crippen LogP contribution >= 0.6 is 0 Å². The molecule has 0 radical (unpaired) electrons. The third-order valence-corrected chi connectivity index (χ3v) is 3.77. The molecule has 3 rings (SSSR count). The molecule has 10 heteroatoms. The number of epoxide rings is 1. The monoisotopic (exact) mass is 392 g/mol. The van der Waals surface area contributed by atoms with E-state index >= 15 is 0 Å². The number of ether oxygens (including phenoxy) is 3. The van der Waals surface area contributed by atoms with Gasteiger partial charge in [0.05, 0.1) is 11.3 Å². The standard InChI is InChI=1S/C18H24N4O6/c1-9-20-14(28-22-9)10-5-6-13(11(19)7-10)25-8-12(16(23)24)21-15-17(26-15)27-18(2,3)4/h5-7,12,15,17,21H,8,19H2,1-4H3,(H,23,24)/t12-,15?,17?/m0/s1. The molecule has 0 bridgehead atoms. The van der Waals surface area contributed by atoms with E-state index in [0.29, 0.717) is 28.7 Å². The quantitative estimate of drug-likeness (QED) is 0.447. The highest BCUT2D eigenvalue weighted by Gasteiger charge is 2.45. The van der Waals surface area contributed by atoms with E-state index in [-0.39, 0.29) is 12.2 Å². The molecule has 2 unspecified atom stereocenters. The molecule has 0 aliphatic carbocycles. The Balaban J connectivity index is 1.57. The number of aromatic nitrogens is 2. The number of carbonyl (C=O) groups is 1. The summed E-state index contributed by atoms with van der Waals surface area (Å²) >= 11 is 0. The van der Waals surface area contributed by atoms with Crippen molar-refractivity contribution in [3.05, 3.63) is 24.0 Å². The van der Waals surface area contributed by atoms with Gasteiger partial charge in [-0.3, -0.25) is 10.1 Å². The van der Waals surface area contributed by atoms with E-state index < -0.39 is 24.5 Å². The van der Waals surface area contributed by atoms with Crippen LogP contribution in [0.4, 0.5) is 5.69 Å². The molecule has 4 N–H and O–H groups in total. The molecule has 152 valence electrons. The number of benzene rings is 1. The molecule has 1 aliphatic heterocycles. The van der Waals surface area contributed by atoms with Crippen LogP contribution in [0.1, 0.15) is 26.6 Å². The van der Waals surface area contributed by atoms with Gasteiger partial charge in [0.15, 0.2) is 18.3 Å². The molecule has 1 aromatic heterocycles. The molecule has 1 fully saturated rings. The third kappa shape index (κ3) is 5.18. The molecular formula is C18H24N4O6. The molecule has 0 spiro atoms.